The zero-order chi connectivity index (χ0) is 17.7. The van der Waals surface area contributed by atoms with E-state index in [0.717, 1.165) is 0 Å². The van der Waals surface area contributed by atoms with Crippen LogP contribution in [0.4, 0.5) is 0 Å². The molecule has 0 aliphatic heterocycles. The van der Waals surface area contributed by atoms with Crippen molar-refractivity contribution >= 4 is 10.4 Å². The van der Waals surface area contributed by atoms with Gasteiger partial charge in [0, 0.05) is 27.6 Å². The summed E-state index contributed by atoms with van der Waals surface area (Å²) in [6.45, 7) is 0. The molecule has 2 aromatic carbocycles. The first-order chi connectivity index (χ1) is 11.3. The fourth-order valence-corrected chi connectivity index (χ4v) is 2.40. The van der Waals surface area contributed by atoms with Crippen molar-refractivity contribution in [2.75, 3.05) is 0 Å². The molecule has 3 aromatic rings. The van der Waals surface area contributed by atoms with Gasteiger partial charge in [0.05, 0.1) is 7.05 Å². The molecule has 0 atom stereocenters. The van der Waals surface area contributed by atoms with Crippen LogP contribution >= 0.6 is 0 Å². The van der Waals surface area contributed by atoms with Crippen LogP contribution in [-0.2, 0) is 24.5 Å². The predicted molar refractivity (Wildman–Crippen MR) is 89.0 cm³/mol. The lowest BCUT2D eigenvalue weighted by molar-refractivity contribution is -0.740. The molecule has 1 aromatic heterocycles. The number of hydrogen-bond acceptors (Lipinski definition) is 4. The Balaban J connectivity index is 0.000000462. The number of rotatable bonds is 2. The molecular formula is C17H18N2O4S. The van der Waals surface area contributed by atoms with Gasteiger partial charge in [-0.2, -0.15) is 4.68 Å². The van der Waals surface area contributed by atoms with Crippen molar-refractivity contribution in [3.05, 3.63) is 66.7 Å². The van der Waals surface area contributed by atoms with Gasteiger partial charge in [-0.05, 0) is 12.1 Å². The van der Waals surface area contributed by atoms with E-state index in [2.05, 4.69) is 78.1 Å². The van der Waals surface area contributed by atoms with Crippen LogP contribution in [0.15, 0.2) is 66.7 Å². The Morgan fingerprint density at radius 2 is 1.33 bits per heavy atom. The van der Waals surface area contributed by atoms with Crippen LogP contribution in [0.2, 0.25) is 0 Å². The summed E-state index contributed by atoms with van der Waals surface area (Å²) in [6.07, 6.45) is 0. The van der Waals surface area contributed by atoms with Crippen molar-refractivity contribution in [2.24, 2.45) is 14.1 Å². The van der Waals surface area contributed by atoms with Gasteiger partial charge in [-0.25, -0.2) is 0 Å². The smallest absolute Gasteiger partial charge is 0.759 e. The van der Waals surface area contributed by atoms with E-state index >= 15 is 0 Å². The van der Waals surface area contributed by atoms with Gasteiger partial charge >= 0.3 is 1.43 Å². The molecule has 3 rings (SSSR count). The molecule has 1 heterocycles. The lowest BCUT2D eigenvalue weighted by Crippen LogP contribution is -2.39. The lowest BCUT2D eigenvalue weighted by atomic mass is 10.1. The molecular weight excluding hydrogens is 328 g/mol. The Morgan fingerprint density at radius 3 is 1.79 bits per heavy atom. The highest BCUT2D eigenvalue weighted by molar-refractivity contribution is 7.79. The molecule has 0 radical (unpaired) electrons. The molecule has 0 N–H and O–H groups in total. The summed E-state index contributed by atoms with van der Waals surface area (Å²) in [5.74, 6) is 0. The van der Waals surface area contributed by atoms with Crippen LogP contribution in [0.3, 0.4) is 0 Å². The second kappa shape index (κ2) is 7.39. The second-order valence-corrected chi connectivity index (χ2v) is 5.92. The molecule has 0 saturated heterocycles. The van der Waals surface area contributed by atoms with Gasteiger partial charge in [-0.1, -0.05) is 48.5 Å². The monoisotopic (exact) mass is 346 g/mol. The van der Waals surface area contributed by atoms with Gasteiger partial charge in [0.1, 0.15) is 5.69 Å². The van der Waals surface area contributed by atoms with E-state index in [1.807, 2.05) is 12.1 Å². The van der Waals surface area contributed by atoms with Gasteiger partial charge < -0.3 is 9.11 Å². The summed E-state index contributed by atoms with van der Waals surface area (Å²) in [4.78, 5) is 0. The van der Waals surface area contributed by atoms with Gasteiger partial charge in [0.25, 0.3) is 0 Å². The molecule has 126 valence electrons. The number of hydrogen-bond donors (Lipinski definition) is 0. The van der Waals surface area contributed by atoms with Crippen molar-refractivity contribution in [2.45, 2.75) is 0 Å². The highest BCUT2D eigenvalue weighted by Gasteiger charge is 2.19. The van der Waals surface area contributed by atoms with Crippen LogP contribution in [-0.4, -0.2) is 22.2 Å². The van der Waals surface area contributed by atoms with Crippen molar-refractivity contribution in [1.82, 2.24) is 4.68 Å². The summed E-state index contributed by atoms with van der Waals surface area (Å²) in [5, 5.41) is 0. The Bertz CT molecular complexity index is 843. The first kappa shape index (κ1) is 17.9. The van der Waals surface area contributed by atoms with Crippen LogP contribution in [0.5, 0.6) is 0 Å². The molecule has 6 nitrogen and oxygen atoms in total. The van der Waals surface area contributed by atoms with E-state index in [4.69, 9.17) is 17.5 Å². The van der Waals surface area contributed by atoms with E-state index in [1.54, 1.807) is 0 Å². The normalized spacial score (nSPS) is 10.8. The first-order valence-electron chi connectivity index (χ1n) is 7.11. The third-order valence-corrected chi connectivity index (χ3v) is 3.56. The summed E-state index contributed by atoms with van der Waals surface area (Å²) in [5.41, 5.74) is 4.93. The van der Waals surface area contributed by atoms with E-state index in [1.165, 1.54) is 22.5 Å². The molecule has 0 unspecified atom stereocenters. The van der Waals surface area contributed by atoms with Crippen molar-refractivity contribution < 1.29 is 23.6 Å². The molecule has 24 heavy (non-hydrogen) atoms. The second-order valence-electron chi connectivity index (χ2n) is 5.10. The van der Waals surface area contributed by atoms with Crippen molar-refractivity contribution in [3.63, 3.8) is 0 Å². The SMILES string of the molecule is Cn1c(-c2ccccc2)cc(-c2ccccc2)[n+]1C.O=S(=O)([O-])[O-].[H+]. The zero-order valence-corrected chi connectivity index (χ0v) is 14.1. The van der Waals surface area contributed by atoms with Gasteiger partial charge in [-0.15, -0.1) is 4.68 Å². The maximum atomic E-state index is 8.52. The minimum absolute atomic E-state index is 0. The summed E-state index contributed by atoms with van der Waals surface area (Å²) < 4.78 is 38.4. The Kier molecular flexibility index (Phi) is 5.50. The highest BCUT2D eigenvalue weighted by atomic mass is 32.3. The zero-order valence-electron chi connectivity index (χ0n) is 14.3. The fraction of sp³-hybridized carbons (Fsp3) is 0.118. The molecule has 0 bridgehead atoms. The molecule has 0 amide bonds. The minimum Gasteiger partial charge on any atom is -0.759 e. The van der Waals surface area contributed by atoms with Crippen molar-refractivity contribution in [1.29, 1.82) is 0 Å². The molecule has 7 heteroatoms. The third kappa shape index (κ3) is 4.76. The third-order valence-electron chi connectivity index (χ3n) is 3.56. The van der Waals surface area contributed by atoms with Crippen molar-refractivity contribution in [3.8, 4) is 22.5 Å². The molecule has 0 saturated carbocycles. The molecule has 0 fully saturated rings. The standard InChI is InChI=1S/C17H17N2.H2O4S/c1-18-16(14-9-5-3-6-10-14)13-17(19(18)2)15-11-7-4-8-12-15;1-5(2,3)4/h3-13H,1-2H3;(H2,1,2,3,4)/q+1;/p-1. The van der Waals surface area contributed by atoms with Crippen LogP contribution in [0.1, 0.15) is 1.43 Å². The summed E-state index contributed by atoms with van der Waals surface area (Å²) in [6, 6.07) is 23.2. The maximum absolute atomic E-state index is 8.52. The van der Waals surface area contributed by atoms with Crippen LogP contribution < -0.4 is 4.68 Å². The quantitative estimate of drug-likeness (QED) is 0.403. The molecule has 0 aliphatic carbocycles. The fourth-order valence-electron chi connectivity index (χ4n) is 2.40. The summed E-state index contributed by atoms with van der Waals surface area (Å²) >= 11 is 0. The average Bonchev–Trinajstić information content (AvgIpc) is 2.84. The van der Waals surface area contributed by atoms with E-state index < -0.39 is 10.4 Å². The lowest BCUT2D eigenvalue weighted by Gasteiger charge is -2.06. The highest BCUT2D eigenvalue weighted by Crippen LogP contribution is 2.23. The Morgan fingerprint density at radius 1 is 0.917 bits per heavy atom. The topological polar surface area (TPSA) is 89.1 Å². The van der Waals surface area contributed by atoms with E-state index in [9.17, 15) is 0 Å². The number of benzene rings is 2. The first-order valence-corrected chi connectivity index (χ1v) is 8.44. The number of nitrogens with zero attached hydrogens (tertiary/aromatic N) is 2. The van der Waals surface area contributed by atoms with Crippen LogP contribution in [0.25, 0.3) is 22.5 Å². The minimum atomic E-state index is -5.17. The predicted octanol–water partition coefficient (Wildman–Crippen LogP) is 1.96. The van der Waals surface area contributed by atoms with E-state index in [-0.39, 0.29) is 1.43 Å². The summed E-state index contributed by atoms with van der Waals surface area (Å²) in [7, 11) is -0.983. The molecule has 0 spiro atoms. The average molecular weight is 346 g/mol. The van der Waals surface area contributed by atoms with Gasteiger partial charge in [0.15, 0.2) is 7.05 Å². The molecule has 0 aliphatic rings. The number of aromatic nitrogens is 2. The largest absolute Gasteiger partial charge is 1.00 e. The maximum Gasteiger partial charge on any atom is 1.00 e. The Labute approximate surface area is 142 Å². The van der Waals surface area contributed by atoms with Gasteiger partial charge in [-0.3, -0.25) is 8.42 Å². The van der Waals surface area contributed by atoms with Crippen LogP contribution in [0, 0.1) is 0 Å². The van der Waals surface area contributed by atoms with Gasteiger partial charge in [0.2, 0.25) is 5.69 Å². The Hall–Kier alpha value is -2.48. The van der Waals surface area contributed by atoms with E-state index in [0.29, 0.717) is 0 Å².